The summed E-state index contributed by atoms with van der Waals surface area (Å²) in [5, 5.41) is 9.12. The first-order chi connectivity index (χ1) is 34.0. The van der Waals surface area contributed by atoms with Crippen molar-refractivity contribution in [3.05, 3.63) is 198 Å². The molecule has 0 bridgehead atoms. The van der Waals surface area contributed by atoms with Gasteiger partial charge in [0.25, 0.3) is 6.71 Å². The Kier molecular flexibility index (Phi) is 9.53. The molecule has 346 valence electrons. The largest absolute Gasteiger partial charge is 0.311 e. The molecule has 0 spiro atoms. The first-order valence-electron chi connectivity index (χ1n) is 25.4. The van der Waals surface area contributed by atoms with E-state index in [1.165, 1.54) is 137 Å². The molecule has 13 rings (SSSR count). The first-order valence-corrected chi connectivity index (χ1v) is 26.3. The van der Waals surface area contributed by atoms with E-state index in [-0.39, 0.29) is 23.0 Å². The SMILES string of the molecule is Cc1ccc2c(c1)B1c3sc4ccc(C(C)(C)C)cc4c3N(c3ccc(C(C)(C)C)cc3)c3cc(-c4ccccc4)cc(c31)N2c1ccc(C(C)(C)C)cc1-c1ccc2ccc3cccc4ccc1c2c34. The Morgan fingerprint density at radius 3 is 1.73 bits per heavy atom. The molecular formula is C67H59BN2S. The number of aryl methyl sites for hydroxylation is 1. The minimum atomic E-state index is -0.0705. The summed E-state index contributed by atoms with van der Waals surface area (Å²) in [4.78, 5) is 5.28. The molecule has 2 nitrogen and oxygen atoms in total. The second kappa shape index (κ2) is 15.4. The van der Waals surface area contributed by atoms with E-state index in [2.05, 4.69) is 255 Å². The van der Waals surface area contributed by atoms with Gasteiger partial charge in [-0.15, -0.1) is 11.3 Å². The molecule has 0 saturated carbocycles. The van der Waals surface area contributed by atoms with E-state index in [0.29, 0.717) is 0 Å². The Labute approximate surface area is 423 Å². The summed E-state index contributed by atoms with van der Waals surface area (Å²) in [6.07, 6.45) is 0. The van der Waals surface area contributed by atoms with Gasteiger partial charge in [-0.1, -0.05) is 189 Å². The van der Waals surface area contributed by atoms with Crippen LogP contribution in [0.1, 0.15) is 84.6 Å². The zero-order valence-corrected chi connectivity index (χ0v) is 43.4. The molecule has 0 N–H and O–H groups in total. The van der Waals surface area contributed by atoms with Crippen molar-refractivity contribution in [2.75, 3.05) is 9.80 Å². The van der Waals surface area contributed by atoms with Gasteiger partial charge in [0.05, 0.1) is 11.4 Å². The Hall–Kier alpha value is -7.14. The van der Waals surface area contributed by atoms with E-state index in [1.54, 1.807) is 0 Å². The van der Waals surface area contributed by atoms with Crippen molar-refractivity contribution in [3.8, 4) is 22.3 Å². The van der Waals surface area contributed by atoms with Gasteiger partial charge in [0.1, 0.15) is 0 Å². The van der Waals surface area contributed by atoms with Crippen LogP contribution < -0.4 is 25.5 Å². The molecule has 0 amide bonds. The number of hydrogen-bond donors (Lipinski definition) is 0. The molecule has 0 unspecified atom stereocenters. The third kappa shape index (κ3) is 6.81. The fraction of sp³-hybridized carbons (Fsp3) is 0.194. The maximum atomic E-state index is 2.65. The summed E-state index contributed by atoms with van der Waals surface area (Å²) in [7, 11) is 0. The highest BCUT2D eigenvalue weighted by Gasteiger charge is 2.46. The van der Waals surface area contributed by atoms with Crippen molar-refractivity contribution < 1.29 is 0 Å². The van der Waals surface area contributed by atoms with Crippen molar-refractivity contribution in [1.29, 1.82) is 0 Å². The van der Waals surface area contributed by atoms with Gasteiger partial charge >= 0.3 is 0 Å². The average molecular weight is 935 g/mol. The van der Waals surface area contributed by atoms with Gasteiger partial charge in [-0.05, 0) is 154 Å². The Morgan fingerprint density at radius 2 is 1.03 bits per heavy atom. The van der Waals surface area contributed by atoms with Crippen LogP contribution in [-0.2, 0) is 16.2 Å². The van der Waals surface area contributed by atoms with Gasteiger partial charge in [-0.2, -0.15) is 0 Å². The summed E-state index contributed by atoms with van der Waals surface area (Å²) in [6.45, 7) is 23.2. The van der Waals surface area contributed by atoms with Gasteiger partial charge in [-0.3, -0.25) is 0 Å². The number of fused-ring (bicyclic) bond motifs is 6. The van der Waals surface area contributed by atoms with Crippen LogP contribution in [0.4, 0.5) is 34.1 Å². The van der Waals surface area contributed by atoms with Crippen LogP contribution in [0.25, 0.3) is 64.7 Å². The Balaban J connectivity index is 1.16. The van der Waals surface area contributed by atoms with Gasteiger partial charge < -0.3 is 9.80 Å². The number of rotatable bonds is 4. The van der Waals surface area contributed by atoms with E-state index in [4.69, 9.17) is 0 Å². The minimum Gasteiger partial charge on any atom is -0.311 e. The molecule has 10 aromatic carbocycles. The van der Waals surface area contributed by atoms with Gasteiger partial charge in [0.2, 0.25) is 0 Å². The van der Waals surface area contributed by atoms with Crippen molar-refractivity contribution in [3.63, 3.8) is 0 Å². The minimum absolute atomic E-state index is 0.00752. The van der Waals surface area contributed by atoms with Gasteiger partial charge in [0.15, 0.2) is 0 Å². The Bertz CT molecular complexity index is 3940. The molecule has 4 heteroatoms. The third-order valence-corrected chi connectivity index (χ3v) is 16.9. The fourth-order valence-corrected chi connectivity index (χ4v) is 13.2. The summed E-state index contributed by atoms with van der Waals surface area (Å²) in [6, 6.07) is 68.1. The topological polar surface area (TPSA) is 6.48 Å². The maximum Gasteiger partial charge on any atom is 0.264 e. The van der Waals surface area contributed by atoms with Crippen LogP contribution in [0.15, 0.2) is 176 Å². The van der Waals surface area contributed by atoms with E-state index < -0.39 is 0 Å². The highest BCUT2D eigenvalue weighted by molar-refractivity contribution is 7.33. The second-order valence-electron chi connectivity index (χ2n) is 23.5. The van der Waals surface area contributed by atoms with E-state index in [1.807, 2.05) is 11.3 Å². The average Bonchev–Trinajstić information content (AvgIpc) is 3.73. The van der Waals surface area contributed by atoms with Crippen LogP contribution in [0.3, 0.4) is 0 Å². The zero-order valence-electron chi connectivity index (χ0n) is 42.6. The van der Waals surface area contributed by atoms with Gasteiger partial charge in [-0.25, -0.2) is 0 Å². The van der Waals surface area contributed by atoms with Crippen LogP contribution in [-0.4, -0.2) is 6.71 Å². The molecule has 0 radical (unpaired) electrons. The molecule has 2 aliphatic rings. The molecule has 3 heterocycles. The summed E-state index contributed by atoms with van der Waals surface area (Å²) in [5.41, 5.74) is 20.1. The lowest BCUT2D eigenvalue weighted by Crippen LogP contribution is -2.60. The quantitative estimate of drug-likeness (QED) is 0.128. The molecular weight excluding hydrogens is 876 g/mol. The monoisotopic (exact) mass is 934 g/mol. The summed E-state index contributed by atoms with van der Waals surface area (Å²) < 4.78 is 2.72. The zero-order chi connectivity index (χ0) is 48.9. The first kappa shape index (κ1) is 43.9. The van der Waals surface area contributed by atoms with E-state index in [9.17, 15) is 0 Å². The smallest absolute Gasteiger partial charge is 0.264 e. The predicted molar refractivity (Wildman–Crippen MR) is 311 cm³/mol. The molecule has 0 fully saturated rings. The lowest BCUT2D eigenvalue weighted by Gasteiger charge is -2.44. The highest BCUT2D eigenvalue weighted by atomic mass is 32.1. The molecule has 0 saturated heterocycles. The van der Waals surface area contributed by atoms with E-state index in [0.717, 1.165) is 0 Å². The summed E-state index contributed by atoms with van der Waals surface area (Å²) >= 11 is 1.98. The lowest BCUT2D eigenvalue weighted by molar-refractivity contribution is 0.590. The standard InChI is InChI=1S/C67H59BN2S/c1-40-19-32-56-54(35-40)68-62-57(69(49-28-24-46(25-29-49)65(2,3)4)63-53-39-48(67(8,9)10)27-34-59(53)71-64(63)68)36-45(41-15-12-11-13-16-41)37-58(62)70(56)55-33-26-47(66(5,6)7)38-52(55)50-30-22-44-21-20-42-17-14-18-43-23-31-51(50)61(44)60(42)43/h11-39H,1-10H3. The number of hydrogen-bond acceptors (Lipinski definition) is 3. The highest BCUT2D eigenvalue weighted by Crippen LogP contribution is 2.52. The number of anilines is 6. The number of benzene rings is 10. The third-order valence-electron chi connectivity index (χ3n) is 15.7. The maximum absolute atomic E-state index is 2.65. The summed E-state index contributed by atoms with van der Waals surface area (Å²) in [5.74, 6) is 0. The van der Waals surface area contributed by atoms with Crippen LogP contribution in [0.5, 0.6) is 0 Å². The van der Waals surface area contributed by atoms with Crippen molar-refractivity contribution in [2.24, 2.45) is 0 Å². The number of thiophene rings is 1. The second-order valence-corrected chi connectivity index (χ2v) is 24.6. The van der Waals surface area contributed by atoms with Crippen LogP contribution >= 0.6 is 11.3 Å². The predicted octanol–water partition coefficient (Wildman–Crippen LogP) is 17.4. The van der Waals surface area contributed by atoms with Crippen LogP contribution in [0.2, 0.25) is 0 Å². The van der Waals surface area contributed by atoms with Crippen molar-refractivity contribution in [1.82, 2.24) is 0 Å². The van der Waals surface area contributed by atoms with Crippen molar-refractivity contribution >= 4 is 110 Å². The molecule has 11 aromatic rings. The number of nitrogens with zero attached hydrogens (tertiary/aromatic N) is 2. The van der Waals surface area contributed by atoms with E-state index >= 15 is 0 Å². The van der Waals surface area contributed by atoms with Crippen molar-refractivity contribution in [2.45, 2.75) is 85.5 Å². The lowest BCUT2D eigenvalue weighted by atomic mass is 9.36. The molecule has 71 heavy (non-hydrogen) atoms. The molecule has 0 atom stereocenters. The Morgan fingerprint density at radius 1 is 0.423 bits per heavy atom. The normalized spacial score (nSPS) is 13.7. The van der Waals surface area contributed by atoms with Crippen LogP contribution in [0, 0.1) is 6.92 Å². The van der Waals surface area contributed by atoms with Gasteiger partial charge in [0, 0.05) is 43.2 Å². The molecule has 2 aliphatic heterocycles. The molecule has 1 aromatic heterocycles. The molecule has 0 aliphatic carbocycles. The fourth-order valence-electron chi connectivity index (χ4n) is 11.9.